The van der Waals surface area contributed by atoms with Crippen LogP contribution in [0.1, 0.15) is 45.2 Å². The molecule has 0 saturated heterocycles. The van der Waals surface area contributed by atoms with Crippen molar-refractivity contribution in [1.82, 2.24) is 5.32 Å². The summed E-state index contributed by atoms with van der Waals surface area (Å²) in [5.41, 5.74) is 2.96. The number of aryl methyl sites for hydroxylation is 1. The van der Waals surface area contributed by atoms with Gasteiger partial charge in [-0.1, -0.05) is 25.1 Å². The average Bonchev–Trinajstić information content (AvgIpc) is 2.36. The van der Waals surface area contributed by atoms with Gasteiger partial charge in [-0.25, -0.2) is 0 Å². The van der Waals surface area contributed by atoms with Crippen molar-refractivity contribution in [2.45, 2.75) is 52.5 Å². The van der Waals surface area contributed by atoms with Crippen molar-refractivity contribution in [3.63, 3.8) is 0 Å². The highest BCUT2D eigenvalue weighted by Crippen LogP contribution is 2.30. The highest BCUT2D eigenvalue weighted by molar-refractivity contribution is 5.43. The predicted molar refractivity (Wildman–Crippen MR) is 80.9 cm³/mol. The van der Waals surface area contributed by atoms with Crippen LogP contribution in [0.25, 0.3) is 0 Å². The number of ether oxygens (including phenoxy) is 1. The van der Waals surface area contributed by atoms with Gasteiger partial charge >= 0.3 is 0 Å². The van der Waals surface area contributed by atoms with E-state index in [0.29, 0.717) is 5.92 Å². The van der Waals surface area contributed by atoms with Crippen molar-refractivity contribution in [2.24, 2.45) is 5.92 Å². The van der Waals surface area contributed by atoms with E-state index in [2.05, 4.69) is 51.2 Å². The minimum atomic E-state index is 0.195. The SMILES string of the molecule is CC(CNC(C)(C)C)Cc1cccc2c1OCCC2. The van der Waals surface area contributed by atoms with E-state index in [1.165, 1.54) is 11.1 Å². The van der Waals surface area contributed by atoms with E-state index in [-0.39, 0.29) is 5.54 Å². The number of fused-ring (bicyclic) bond motifs is 1. The Labute approximate surface area is 117 Å². The Balaban J connectivity index is 1.99. The molecule has 1 unspecified atom stereocenters. The van der Waals surface area contributed by atoms with Crippen molar-refractivity contribution in [3.05, 3.63) is 29.3 Å². The molecule has 19 heavy (non-hydrogen) atoms. The van der Waals surface area contributed by atoms with Crippen LogP contribution in [0.15, 0.2) is 18.2 Å². The number of nitrogens with one attached hydrogen (secondary N) is 1. The van der Waals surface area contributed by atoms with Crippen LogP contribution in [0, 0.1) is 5.92 Å². The van der Waals surface area contributed by atoms with Crippen LogP contribution in [0.2, 0.25) is 0 Å². The fraction of sp³-hybridized carbons (Fsp3) is 0.647. The first-order chi connectivity index (χ1) is 8.96. The van der Waals surface area contributed by atoms with Crippen LogP contribution in [0.5, 0.6) is 5.75 Å². The van der Waals surface area contributed by atoms with E-state index >= 15 is 0 Å². The number of para-hydroxylation sites is 1. The van der Waals surface area contributed by atoms with E-state index in [4.69, 9.17) is 4.74 Å². The molecule has 1 heterocycles. The summed E-state index contributed by atoms with van der Waals surface area (Å²) in [5, 5.41) is 3.58. The molecule has 2 rings (SSSR count). The molecule has 1 atom stereocenters. The normalized spacial score (nSPS) is 16.6. The average molecular weight is 261 g/mol. The molecule has 0 saturated carbocycles. The number of rotatable bonds is 4. The summed E-state index contributed by atoms with van der Waals surface area (Å²) in [5.74, 6) is 1.78. The second-order valence-corrected chi connectivity index (χ2v) is 6.80. The second kappa shape index (κ2) is 5.96. The zero-order chi connectivity index (χ0) is 13.9. The Morgan fingerprint density at radius 2 is 2.11 bits per heavy atom. The lowest BCUT2D eigenvalue weighted by Gasteiger charge is -2.25. The van der Waals surface area contributed by atoms with Crippen LogP contribution in [0.4, 0.5) is 0 Å². The van der Waals surface area contributed by atoms with Gasteiger partial charge < -0.3 is 10.1 Å². The van der Waals surface area contributed by atoms with E-state index in [1.54, 1.807) is 0 Å². The van der Waals surface area contributed by atoms with Gasteiger partial charge in [-0.15, -0.1) is 0 Å². The molecule has 0 fully saturated rings. The first-order valence-corrected chi connectivity index (χ1v) is 7.44. The van der Waals surface area contributed by atoms with Gasteiger partial charge in [-0.3, -0.25) is 0 Å². The molecule has 0 bridgehead atoms. The molecular weight excluding hydrogens is 234 g/mol. The molecule has 106 valence electrons. The van der Waals surface area contributed by atoms with E-state index < -0.39 is 0 Å². The fourth-order valence-electron chi connectivity index (χ4n) is 2.55. The molecule has 1 aromatic carbocycles. The highest BCUT2D eigenvalue weighted by atomic mass is 16.5. The maximum absolute atomic E-state index is 5.88. The first kappa shape index (κ1) is 14.4. The Morgan fingerprint density at radius 1 is 1.32 bits per heavy atom. The third-order valence-electron chi connectivity index (χ3n) is 3.56. The van der Waals surface area contributed by atoms with E-state index in [0.717, 1.165) is 38.2 Å². The van der Waals surface area contributed by atoms with Crippen LogP contribution in [0.3, 0.4) is 0 Å². The molecule has 0 aliphatic carbocycles. The number of hydrogen-bond acceptors (Lipinski definition) is 2. The molecule has 0 radical (unpaired) electrons. The van der Waals surface area contributed by atoms with Crippen LogP contribution in [-0.4, -0.2) is 18.7 Å². The molecule has 0 aromatic heterocycles. The summed E-state index contributed by atoms with van der Waals surface area (Å²) >= 11 is 0. The van der Waals surface area contributed by atoms with Gasteiger partial charge in [-0.05, 0) is 63.6 Å². The van der Waals surface area contributed by atoms with Crippen LogP contribution in [-0.2, 0) is 12.8 Å². The zero-order valence-corrected chi connectivity index (χ0v) is 12.8. The first-order valence-electron chi connectivity index (χ1n) is 7.44. The summed E-state index contributed by atoms with van der Waals surface area (Å²) in [6.07, 6.45) is 3.40. The Bertz CT molecular complexity index is 420. The van der Waals surface area contributed by atoms with Gasteiger partial charge in [0.05, 0.1) is 6.61 Å². The van der Waals surface area contributed by atoms with Gasteiger partial charge in [0.15, 0.2) is 0 Å². The smallest absolute Gasteiger partial charge is 0.125 e. The van der Waals surface area contributed by atoms with Gasteiger partial charge in [0.2, 0.25) is 0 Å². The van der Waals surface area contributed by atoms with Crippen molar-refractivity contribution < 1.29 is 4.74 Å². The quantitative estimate of drug-likeness (QED) is 0.894. The third-order valence-corrected chi connectivity index (χ3v) is 3.56. The van der Waals surface area contributed by atoms with E-state index in [9.17, 15) is 0 Å². The van der Waals surface area contributed by atoms with Crippen molar-refractivity contribution in [3.8, 4) is 5.75 Å². The number of benzene rings is 1. The molecule has 2 nitrogen and oxygen atoms in total. The standard InChI is InChI=1S/C17H27NO/c1-13(12-18-17(2,3)4)11-15-8-5-7-14-9-6-10-19-16(14)15/h5,7-8,13,18H,6,9-12H2,1-4H3. The molecule has 1 aliphatic rings. The predicted octanol–water partition coefficient (Wildman–Crippen LogP) is 3.58. The van der Waals surface area contributed by atoms with Gasteiger partial charge in [0.1, 0.15) is 5.75 Å². The monoisotopic (exact) mass is 261 g/mol. The summed E-state index contributed by atoms with van der Waals surface area (Å²) in [6, 6.07) is 6.60. The van der Waals surface area contributed by atoms with Crippen molar-refractivity contribution in [1.29, 1.82) is 0 Å². The Kier molecular flexibility index (Phi) is 4.51. The maximum atomic E-state index is 5.88. The molecule has 2 heteroatoms. The summed E-state index contributed by atoms with van der Waals surface area (Å²) in [4.78, 5) is 0. The lowest BCUT2D eigenvalue weighted by Crippen LogP contribution is -2.39. The molecule has 1 aliphatic heterocycles. The number of hydrogen-bond donors (Lipinski definition) is 1. The molecule has 1 aromatic rings. The minimum Gasteiger partial charge on any atom is -0.493 e. The van der Waals surface area contributed by atoms with Crippen LogP contribution >= 0.6 is 0 Å². The highest BCUT2D eigenvalue weighted by Gasteiger charge is 2.17. The zero-order valence-electron chi connectivity index (χ0n) is 12.8. The third kappa shape index (κ3) is 4.24. The fourth-order valence-corrected chi connectivity index (χ4v) is 2.55. The van der Waals surface area contributed by atoms with Gasteiger partial charge in [0.25, 0.3) is 0 Å². The molecule has 0 amide bonds. The maximum Gasteiger partial charge on any atom is 0.125 e. The summed E-state index contributed by atoms with van der Waals surface area (Å²) in [6.45, 7) is 10.9. The lowest BCUT2D eigenvalue weighted by atomic mass is 9.95. The largest absolute Gasteiger partial charge is 0.493 e. The van der Waals surface area contributed by atoms with Crippen molar-refractivity contribution >= 4 is 0 Å². The van der Waals surface area contributed by atoms with Gasteiger partial charge in [-0.2, -0.15) is 0 Å². The molecule has 1 N–H and O–H groups in total. The summed E-state index contributed by atoms with van der Waals surface area (Å²) < 4.78 is 5.88. The molecular formula is C17H27NO. The van der Waals surface area contributed by atoms with E-state index in [1.807, 2.05) is 0 Å². The Hall–Kier alpha value is -1.02. The second-order valence-electron chi connectivity index (χ2n) is 6.80. The minimum absolute atomic E-state index is 0.195. The lowest BCUT2D eigenvalue weighted by molar-refractivity contribution is 0.283. The van der Waals surface area contributed by atoms with Crippen molar-refractivity contribution in [2.75, 3.05) is 13.2 Å². The summed E-state index contributed by atoms with van der Waals surface area (Å²) in [7, 11) is 0. The molecule has 0 spiro atoms. The van der Waals surface area contributed by atoms with Crippen LogP contribution < -0.4 is 10.1 Å². The van der Waals surface area contributed by atoms with Gasteiger partial charge in [0, 0.05) is 5.54 Å². The topological polar surface area (TPSA) is 21.3 Å². The Morgan fingerprint density at radius 3 is 2.84 bits per heavy atom.